The van der Waals surface area contributed by atoms with E-state index in [1.54, 1.807) is 7.11 Å². The summed E-state index contributed by atoms with van der Waals surface area (Å²) >= 11 is 0. The van der Waals surface area contributed by atoms with Crippen LogP contribution in [0.1, 0.15) is 27.7 Å². The zero-order chi connectivity index (χ0) is 17.1. The van der Waals surface area contributed by atoms with E-state index >= 15 is 0 Å². The lowest BCUT2D eigenvalue weighted by Crippen LogP contribution is -2.41. The second kappa shape index (κ2) is 5.01. The molecule has 0 bridgehead atoms. The number of methoxy groups -OCH3 is 1. The van der Waals surface area contributed by atoms with Gasteiger partial charge in [-0.2, -0.15) is 0 Å². The summed E-state index contributed by atoms with van der Waals surface area (Å²) in [5, 5.41) is 2.37. The van der Waals surface area contributed by atoms with Crippen molar-refractivity contribution in [2.45, 2.75) is 38.9 Å². The monoisotopic (exact) mass is 323 g/mol. The van der Waals surface area contributed by atoms with Gasteiger partial charge in [0.1, 0.15) is 5.75 Å². The fraction of sp³-hybridized carbons (Fsp3) is 0.368. The number of aromatic nitrogens is 1. The molecule has 4 rings (SSSR count). The standard InChI is InChI=1S/C19H22BNO3/c1-18(2)19(3,4)24-20(23-18)12-6-8-14-15-9-7-13(22-5)11-17(15)21-16(14)10-12/h6-11,21H,1-5H3. The number of hydrogen-bond donors (Lipinski definition) is 1. The minimum Gasteiger partial charge on any atom is -0.497 e. The van der Waals surface area contributed by atoms with Gasteiger partial charge in [0.05, 0.1) is 23.8 Å². The molecular weight excluding hydrogens is 301 g/mol. The molecule has 4 nitrogen and oxygen atoms in total. The van der Waals surface area contributed by atoms with Crippen molar-refractivity contribution in [1.29, 1.82) is 0 Å². The quantitative estimate of drug-likeness (QED) is 0.733. The summed E-state index contributed by atoms with van der Waals surface area (Å²) in [6.45, 7) is 8.28. The van der Waals surface area contributed by atoms with Crippen molar-refractivity contribution in [1.82, 2.24) is 4.98 Å². The maximum absolute atomic E-state index is 6.15. The molecule has 3 aromatic rings. The molecule has 0 radical (unpaired) electrons. The van der Waals surface area contributed by atoms with Gasteiger partial charge in [-0.1, -0.05) is 12.1 Å². The molecular formula is C19H22BNO3. The van der Waals surface area contributed by atoms with Crippen LogP contribution in [-0.2, 0) is 9.31 Å². The predicted octanol–water partition coefficient (Wildman–Crippen LogP) is 3.63. The Kier molecular flexibility index (Phi) is 3.24. The summed E-state index contributed by atoms with van der Waals surface area (Å²) in [7, 11) is 1.33. The number of nitrogens with one attached hydrogen (secondary N) is 1. The second-order valence-corrected chi connectivity index (χ2v) is 7.43. The van der Waals surface area contributed by atoms with Crippen molar-refractivity contribution in [2.75, 3.05) is 7.11 Å². The smallest absolute Gasteiger partial charge is 0.494 e. The molecule has 0 atom stereocenters. The van der Waals surface area contributed by atoms with Crippen molar-refractivity contribution in [3.8, 4) is 5.75 Å². The fourth-order valence-corrected chi connectivity index (χ4v) is 3.16. The molecule has 1 aromatic heterocycles. The van der Waals surface area contributed by atoms with Gasteiger partial charge in [0.2, 0.25) is 0 Å². The van der Waals surface area contributed by atoms with E-state index in [1.807, 2.05) is 12.1 Å². The Morgan fingerprint density at radius 1 is 0.875 bits per heavy atom. The first-order chi connectivity index (χ1) is 11.3. The van der Waals surface area contributed by atoms with Crippen molar-refractivity contribution in [3.05, 3.63) is 36.4 Å². The molecule has 1 aliphatic heterocycles. The molecule has 0 spiro atoms. The third kappa shape index (κ3) is 2.23. The molecule has 1 aliphatic rings. The largest absolute Gasteiger partial charge is 0.497 e. The van der Waals surface area contributed by atoms with Gasteiger partial charge < -0.3 is 19.0 Å². The van der Waals surface area contributed by atoms with Gasteiger partial charge in [-0.05, 0) is 51.4 Å². The molecule has 124 valence electrons. The van der Waals surface area contributed by atoms with Crippen molar-refractivity contribution < 1.29 is 14.0 Å². The number of hydrogen-bond acceptors (Lipinski definition) is 3. The molecule has 0 aliphatic carbocycles. The number of rotatable bonds is 2. The molecule has 1 saturated heterocycles. The van der Waals surface area contributed by atoms with E-state index in [9.17, 15) is 0 Å². The first-order valence-corrected chi connectivity index (χ1v) is 8.26. The lowest BCUT2D eigenvalue weighted by Gasteiger charge is -2.32. The van der Waals surface area contributed by atoms with Crippen molar-refractivity contribution in [3.63, 3.8) is 0 Å². The van der Waals surface area contributed by atoms with Gasteiger partial charge in [-0.3, -0.25) is 0 Å². The molecule has 5 heteroatoms. The molecule has 0 amide bonds. The highest BCUT2D eigenvalue weighted by Gasteiger charge is 2.51. The van der Waals surface area contributed by atoms with Gasteiger partial charge >= 0.3 is 7.12 Å². The van der Waals surface area contributed by atoms with Crippen LogP contribution >= 0.6 is 0 Å². The summed E-state index contributed by atoms with van der Waals surface area (Å²) in [6, 6.07) is 12.4. The topological polar surface area (TPSA) is 43.5 Å². The van der Waals surface area contributed by atoms with Crippen molar-refractivity contribution in [2.24, 2.45) is 0 Å². The molecule has 24 heavy (non-hydrogen) atoms. The van der Waals surface area contributed by atoms with E-state index in [0.29, 0.717) is 0 Å². The first-order valence-electron chi connectivity index (χ1n) is 8.26. The van der Waals surface area contributed by atoms with E-state index in [-0.39, 0.29) is 18.3 Å². The van der Waals surface area contributed by atoms with Gasteiger partial charge in [0, 0.05) is 22.4 Å². The minimum atomic E-state index is -0.347. The summed E-state index contributed by atoms with van der Waals surface area (Å²) in [5.41, 5.74) is 2.50. The fourth-order valence-electron chi connectivity index (χ4n) is 3.16. The van der Waals surface area contributed by atoms with Crippen LogP contribution in [0.4, 0.5) is 0 Å². The summed E-state index contributed by atoms with van der Waals surface area (Å²) in [5.74, 6) is 0.847. The van der Waals surface area contributed by atoms with E-state index in [4.69, 9.17) is 14.0 Å². The minimum absolute atomic E-state index is 0.333. The summed E-state index contributed by atoms with van der Waals surface area (Å²) in [6.07, 6.45) is 0. The number of ether oxygens (including phenoxy) is 1. The Balaban J connectivity index is 1.78. The maximum Gasteiger partial charge on any atom is 0.494 e. The number of H-pyrrole nitrogens is 1. The zero-order valence-electron chi connectivity index (χ0n) is 14.8. The van der Waals surface area contributed by atoms with Crippen LogP contribution < -0.4 is 10.2 Å². The van der Waals surface area contributed by atoms with Crippen LogP contribution in [-0.4, -0.2) is 30.4 Å². The molecule has 2 heterocycles. The van der Waals surface area contributed by atoms with Gasteiger partial charge in [0.25, 0.3) is 0 Å². The number of benzene rings is 2. The summed E-state index contributed by atoms with van der Waals surface area (Å²) in [4.78, 5) is 3.47. The van der Waals surface area contributed by atoms with Gasteiger partial charge in [-0.15, -0.1) is 0 Å². The Bertz CT molecular complexity index is 913. The Morgan fingerprint density at radius 3 is 2.08 bits per heavy atom. The highest BCUT2D eigenvalue weighted by atomic mass is 16.7. The van der Waals surface area contributed by atoms with E-state index in [0.717, 1.165) is 22.2 Å². The third-order valence-electron chi connectivity index (χ3n) is 5.36. The van der Waals surface area contributed by atoms with Crippen LogP contribution in [0.5, 0.6) is 5.75 Å². The van der Waals surface area contributed by atoms with Crippen LogP contribution in [0.2, 0.25) is 0 Å². The van der Waals surface area contributed by atoms with E-state index < -0.39 is 0 Å². The average Bonchev–Trinajstić information content (AvgIpc) is 2.99. The van der Waals surface area contributed by atoms with Gasteiger partial charge in [0.15, 0.2) is 0 Å². The highest BCUT2D eigenvalue weighted by Crippen LogP contribution is 2.37. The lowest BCUT2D eigenvalue weighted by molar-refractivity contribution is 0.00578. The predicted molar refractivity (Wildman–Crippen MR) is 98.1 cm³/mol. The van der Waals surface area contributed by atoms with Crippen molar-refractivity contribution >= 4 is 34.4 Å². The summed E-state index contributed by atoms with van der Waals surface area (Å²) < 4.78 is 17.6. The normalized spacial score (nSPS) is 19.3. The SMILES string of the molecule is COc1ccc2c(c1)[nH]c1cc(B3OC(C)(C)C(C)(C)O3)ccc12. The Labute approximate surface area is 142 Å². The van der Waals surface area contributed by atoms with Crippen LogP contribution in [0.3, 0.4) is 0 Å². The zero-order valence-corrected chi connectivity index (χ0v) is 14.8. The molecule has 0 unspecified atom stereocenters. The molecule has 0 saturated carbocycles. The third-order valence-corrected chi connectivity index (χ3v) is 5.36. The lowest BCUT2D eigenvalue weighted by atomic mass is 9.79. The van der Waals surface area contributed by atoms with E-state index in [2.05, 4.69) is 56.9 Å². The highest BCUT2D eigenvalue weighted by molar-refractivity contribution is 6.62. The maximum atomic E-state index is 6.15. The molecule has 1 fully saturated rings. The Morgan fingerprint density at radius 2 is 1.46 bits per heavy atom. The first kappa shape index (κ1) is 15.5. The van der Waals surface area contributed by atoms with Crippen LogP contribution in [0.25, 0.3) is 21.8 Å². The average molecular weight is 323 g/mol. The molecule has 1 N–H and O–H groups in total. The Hall–Kier alpha value is -1.98. The second-order valence-electron chi connectivity index (χ2n) is 7.43. The number of aromatic amines is 1. The number of fused-ring (bicyclic) bond motifs is 3. The van der Waals surface area contributed by atoms with Crippen LogP contribution in [0, 0.1) is 0 Å². The van der Waals surface area contributed by atoms with Crippen LogP contribution in [0.15, 0.2) is 36.4 Å². The van der Waals surface area contributed by atoms with Gasteiger partial charge in [-0.25, -0.2) is 0 Å². The van der Waals surface area contributed by atoms with E-state index in [1.165, 1.54) is 10.8 Å². The molecule has 2 aromatic carbocycles.